The normalized spacial score (nSPS) is 13.8. The number of rotatable bonds is 46. The highest BCUT2D eigenvalue weighted by Gasteiger charge is 2.25. The van der Waals surface area contributed by atoms with E-state index in [-0.39, 0.29) is 32.3 Å². The molecule has 0 aromatic heterocycles. The average Bonchev–Trinajstić information content (AvgIpc) is 3.21. The number of esters is 1. The Hall–Kier alpha value is -1.54. The van der Waals surface area contributed by atoms with Crippen molar-refractivity contribution in [1.82, 2.24) is 0 Å². The first-order valence-electron chi connectivity index (χ1n) is 24.1. The number of ether oxygens (including phenoxy) is 2. The number of phosphoric acid groups is 1. The van der Waals surface area contributed by atoms with Gasteiger partial charge >= 0.3 is 13.8 Å². The maximum atomic E-state index is 12.6. The Labute approximate surface area is 358 Å². The fourth-order valence-electron chi connectivity index (χ4n) is 6.65. The van der Waals surface area contributed by atoms with Gasteiger partial charge in [-0.1, -0.05) is 184 Å². The van der Waals surface area contributed by atoms with E-state index in [2.05, 4.69) is 62.5 Å². The van der Waals surface area contributed by atoms with Gasteiger partial charge in [-0.15, -0.1) is 0 Å². The van der Waals surface area contributed by atoms with Crippen molar-refractivity contribution in [2.24, 2.45) is 5.73 Å². The second kappa shape index (κ2) is 46.5. The first kappa shape index (κ1) is 56.5. The molecule has 2 unspecified atom stereocenters. The minimum Gasteiger partial charge on any atom is -0.457 e. The molecule has 0 aliphatic rings. The van der Waals surface area contributed by atoms with Crippen LogP contribution in [0.15, 0.2) is 48.6 Å². The van der Waals surface area contributed by atoms with Gasteiger partial charge in [0.2, 0.25) is 0 Å². The first-order chi connectivity index (χ1) is 28.4. The zero-order chi connectivity index (χ0) is 42.3. The second-order valence-electron chi connectivity index (χ2n) is 16.0. The molecular weight excluding hydrogens is 746 g/mol. The monoisotopic (exact) mass is 838 g/mol. The summed E-state index contributed by atoms with van der Waals surface area (Å²) in [5, 5.41) is 0. The molecule has 0 rings (SSSR count). The van der Waals surface area contributed by atoms with Gasteiger partial charge in [-0.25, -0.2) is 4.57 Å². The predicted octanol–water partition coefficient (Wildman–Crippen LogP) is 14.8. The van der Waals surface area contributed by atoms with E-state index in [0.717, 1.165) is 44.9 Å². The van der Waals surface area contributed by atoms with Crippen molar-refractivity contribution in [2.75, 3.05) is 33.0 Å². The molecule has 0 aromatic carbocycles. The van der Waals surface area contributed by atoms with Crippen LogP contribution in [0, 0.1) is 0 Å². The van der Waals surface area contributed by atoms with E-state index >= 15 is 0 Å². The number of carbonyl (C=O) groups is 1. The molecule has 0 radical (unpaired) electrons. The number of hydrogen-bond donors (Lipinski definition) is 2. The molecule has 0 bridgehead atoms. The Morgan fingerprint density at radius 2 is 0.914 bits per heavy atom. The molecule has 0 spiro atoms. The molecule has 0 aliphatic carbocycles. The van der Waals surface area contributed by atoms with Crippen LogP contribution in [-0.4, -0.2) is 49.9 Å². The predicted molar refractivity (Wildman–Crippen MR) is 247 cm³/mol. The second-order valence-corrected chi connectivity index (χ2v) is 17.4. The summed E-state index contributed by atoms with van der Waals surface area (Å²) in [6, 6.07) is 0. The van der Waals surface area contributed by atoms with Crippen molar-refractivity contribution in [2.45, 2.75) is 225 Å². The molecule has 3 N–H and O–H groups in total. The highest BCUT2D eigenvalue weighted by Crippen LogP contribution is 2.43. The van der Waals surface area contributed by atoms with Gasteiger partial charge in [0, 0.05) is 19.6 Å². The fourth-order valence-corrected chi connectivity index (χ4v) is 7.41. The summed E-state index contributed by atoms with van der Waals surface area (Å²) in [5.74, 6) is -0.335. The van der Waals surface area contributed by atoms with Crippen LogP contribution >= 0.6 is 7.82 Å². The maximum Gasteiger partial charge on any atom is 0.472 e. The van der Waals surface area contributed by atoms with Crippen LogP contribution in [0.4, 0.5) is 0 Å². The highest BCUT2D eigenvalue weighted by atomic mass is 31.2. The smallest absolute Gasteiger partial charge is 0.457 e. The molecule has 8 nitrogen and oxygen atoms in total. The molecule has 9 heteroatoms. The third kappa shape index (κ3) is 45.5. The molecule has 0 aliphatic heterocycles. The summed E-state index contributed by atoms with van der Waals surface area (Å²) >= 11 is 0. The van der Waals surface area contributed by atoms with Crippen LogP contribution in [0.5, 0.6) is 0 Å². The van der Waals surface area contributed by atoms with Gasteiger partial charge in [0.1, 0.15) is 6.10 Å². The van der Waals surface area contributed by atoms with Crippen LogP contribution in [0.1, 0.15) is 219 Å². The van der Waals surface area contributed by atoms with Crippen molar-refractivity contribution < 1.29 is 32.8 Å². The Balaban J connectivity index is 3.98. The minimum atomic E-state index is -4.28. The van der Waals surface area contributed by atoms with Crippen molar-refractivity contribution in [1.29, 1.82) is 0 Å². The van der Waals surface area contributed by atoms with Gasteiger partial charge in [0.15, 0.2) is 0 Å². The van der Waals surface area contributed by atoms with Gasteiger partial charge in [0.05, 0.1) is 19.8 Å². The molecule has 0 saturated carbocycles. The van der Waals surface area contributed by atoms with Crippen molar-refractivity contribution in [3.63, 3.8) is 0 Å². The lowest BCUT2D eigenvalue weighted by molar-refractivity contribution is -0.154. The summed E-state index contributed by atoms with van der Waals surface area (Å²) in [6.07, 6.45) is 55.6. The number of hydrogen-bond acceptors (Lipinski definition) is 7. The summed E-state index contributed by atoms with van der Waals surface area (Å²) < 4.78 is 33.5. The largest absolute Gasteiger partial charge is 0.472 e. The molecule has 2 atom stereocenters. The number of nitrogens with two attached hydrogens (primary N) is 1. The Morgan fingerprint density at radius 3 is 1.34 bits per heavy atom. The van der Waals surface area contributed by atoms with Crippen LogP contribution < -0.4 is 5.73 Å². The Bertz CT molecular complexity index is 1030. The number of phosphoric ester groups is 1. The lowest BCUT2D eigenvalue weighted by Gasteiger charge is -2.20. The van der Waals surface area contributed by atoms with Crippen LogP contribution in [0.3, 0.4) is 0 Å². The van der Waals surface area contributed by atoms with Gasteiger partial charge < -0.3 is 20.1 Å². The summed E-state index contributed by atoms with van der Waals surface area (Å²) in [7, 11) is -4.28. The van der Waals surface area contributed by atoms with Crippen molar-refractivity contribution in [3.8, 4) is 0 Å². The number of unbranched alkanes of at least 4 members (excludes halogenated alkanes) is 25. The number of allylic oxidation sites excluding steroid dienone is 8. The van der Waals surface area contributed by atoms with E-state index in [4.69, 9.17) is 24.3 Å². The number of carbonyl (C=O) groups excluding carboxylic acids is 1. The van der Waals surface area contributed by atoms with Gasteiger partial charge in [-0.05, 0) is 77.0 Å². The van der Waals surface area contributed by atoms with Crippen molar-refractivity contribution in [3.05, 3.63) is 48.6 Å². The third-order valence-corrected chi connectivity index (χ3v) is 11.2. The molecule has 0 fully saturated rings. The first-order valence-corrected chi connectivity index (χ1v) is 25.6. The molecule has 340 valence electrons. The van der Waals surface area contributed by atoms with Gasteiger partial charge in [0.25, 0.3) is 0 Å². The van der Waals surface area contributed by atoms with E-state index in [1.165, 1.54) is 154 Å². The fraction of sp³-hybridized carbons (Fsp3) is 0.816. The minimum absolute atomic E-state index is 0.0977. The standard InChI is InChI=1S/C49H92NO7P/c1-3-5-7-9-11-13-15-17-19-21-23-25-27-29-31-33-35-37-39-41-44-54-46-48(47-56-58(52,53)55-45-43-50)57-49(51)42-40-38-36-34-32-30-28-26-24-22-20-18-16-14-12-10-8-6-4-2/h11-14,17-20,48H,3-10,15-16,21-47,50H2,1-2H3,(H,52,53)/b13-11-,14-12-,19-17-,20-18-. The summed E-state index contributed by atoms with van der Waals surface area (Å²) in [6.45, 7) is 4.88. The Kier molecular flexibility index (Phi) is 45.3. The molecule has 0 saturated heterocycles. The van der Waals surface area contributed by atoms with Gasteiger partial charge in [-0.2, -0.15) is 0 Å². The summed E-state index contributed by atoms with van der Waals surface area (Å²) in [5.41, 5.74) is 5.38. The van der Waals surface area contributed by atoms with Crippen LogP contribution in [-0.2, 0) is 27.9 Å². The molecule has 0 aromatic rings. The van der Waals surface area contributed by atoms with Gasteiger partial charge in [-0.3, -0.25) is 13.8 Å². The van der Waals surface area contributed by atoms with Crippen molar-refractivity contribution >= 4 is 13.8 Å². The third-order valence-electron chi connectivity index (χ3n) is 10.2. The van der Waals surface area contributed by atoms with E-state index in [1.807, 2.05) is 0 Å². The maximum absolute atomic E-state index is 12.6. The lowest BCUT2D eigenvalue weighted by atomic mass is 10.1. The summed E-state index contributed by atoms with van der Waals surface area (Å²) in [4.78, 5) is 22.6. The molecule has 0 amide bonds. The molecule has 58 heavy (non-hydrogen) atoms. The molecule has 0 heterocycles. The van der Waals surface area contributed by atoms with E-state index in [9.17, 15) is 14.3 Å². The zero-order valence-corrected chi connectivity index (χ0v) is 38.7. The topological polar surface area (TPSA) is 117 Å². The quantitative estimate of drug-likeness (QED) is 0.0269. The SMILES string of the molecule is CCCCC/C=C\C/C=C\CCCCCCCCCCCCOCC(COP(=O)(O)OCCN)OC(=O)CCCCCCCCCCC/C=C\C/C=C\CCCCC. The average molecular weight is 838 g/mol. The van der Waals surface area contributed by atoms with Crippen LogP contribution in [0.25, 0.3) is 0 Å². The highest BCUT2D eigenvalue weighted by molar-refractivity contribution is 7.47. The van der Waals surface area contributed by atoms with Crippen LogP contribution in [0.2, 0.25) is 0 Å². The Morgan fingerprint density at radius 1 is 0.517 bits per heavy atom. The lowest BCUT2D eigenvalue weighted by Crippen LogP contribution is -2.28. The zero-order valence-electron chi connectivity index (χ0n) is 37.8. The van der Waals surface area contributed by atoms with E-state index in [0.29, 0.717) is 13.0 Å². The van der Waals surface area contributed by atoms with E-state index < -0.39 is 13.9 Å². The molecular formula is C49H92NO7P. The van der Waals surface area contributed by atoms with E-state index in [1.54, 1.807) is 0 Å².